The molecule has 0 radical (unpaired) electrons. The number of pyridine rings is 1. The van der Waals surface area contributed by atoms with E-state index in [1.165, 1.54) is 11.6 Å². The van der Waals surface area contributed by atoms with Crippen molar-refractivity contribution in [3.8, 4) is 0 Å². The first-order valence-corrected chi connectivity index (χ1v) is 8.55. The molecule has 0 spiro atoms. The maximum absolute atomic E-state index is 12.5. The van der Waals surface area contributed by atoms with Crippen LogP contribution in [-0.4, -0.2) is 54.7 Å². The smallest absolute Gasteiger partial charge is 0.332 e. The molecule has 1 aliphatic rings. The quantitative estimate of drug-likeness (QED) is 0.636. The largest absolute Gasteiger partial charge is 0.354 e. The summed E-state index contributed by atoms with van der Waals surface area (Å²) in [6.07, 6.45) is 3.44. The lowest BCUT2D eigenvalue weighted by Gasteiger charge is -2.35. The second-order valence-corrected chi connectivity index (χ2v) is 6.53. The fourth-order valence-corrected chi connectivity index (χ4v) is 3.38. The molecule has 3 aromatic rings. The van der Waals surface area contributed by atoms with Crippen molar-refractivity contribution in [2.24, 2.45) is 14.1 Å². The zero-order valence-corrected chi connectivity index (χ0v) is 14.9. The Balaban J connectivity index is 1.54. The van der Waals surface area contributed by atoms with Crippen LogP contribution in [0.1, 0.15) is 0 Å². The van der Waals surface area contributed by atoms with Crippen molar-refractivity contribution < 1.29 is 0 Å². The Morgan fingerprint density at radius 3 is 2.46 bits per heavy atom. The van der Waals surface area contributed by atoms with Crippen LogP contribution in [-0.2, 0) is 20.8 Å². The van der Waals surface area contributed by atoms with Crippen LogP contribution < -0.4 is 16.1 Å². The summed E-state index contributed by atoms with van der Waals surface area (Å²) in [5.41, 5.74) is 0.205. The van der Waals surface area contributed by atoms with Gasteiger partial charge in [-0.15, -0.1) is 0 Å². The monoisotopic (exact) mass is 355 g/mol. The molecule has 4 heterocycles. The third-order valence-electron chi connectivity index (χ3n) is 4.92. The second kappa shape index (κ2) is 6.41. The lowest BCUT2D eigenvalue weighted by atomic mass is 10.3. The number of rotatable bonds is 3. The molecule has 1 fully saturated rings. The molecule has 0 unspecified atom stereocenters. The minimum absolute atomic E-state index is 0.312. The highest BCUT2D eigenvalue weighted by molar-refractivity contribution is 5.69. The van der Waals surface area contributed by atoms with Gasteiger partial charge in [0.2, 0.25) is 0 Å². The summed E-state index contributed by atoms with van der Waals surface area (Å²) in [6.45, 7) is 4.05. The average molecular weight is 355 g/mol. The molecule has 26 heavy (non-hydrogen) atoms. The van der Waals surface area contributed by atoms with Gasteiger partial charge in [-0.1, -0.05) is 6.07 Å². The van der Waals surface area contributed by atoms with Crippen molar-refractivity contribution >= 4 is 17.0 Å². The van der Waals surface area contributed by atoms with E-state index >= 15 is 0 Å². The molecule has 9 nitrogen and oxygen atoms in total. The van der Waals surface area contributed by atoms with Crippen LogP contribution in [0.5, 0.6) is 0 Å². The Morgan fingerprint density at radius 1 is 1.00 bits per heavy atom. The van der Waals surface area contributed by atoms with Crippen molar-refractivity contribution in [2.75, 3.05) is 31.1 Å². The molecule has 9 heteroatoms. The molecule has 3 aromatic heterocycles. The summed E-state index contributed by atoms with van der Waals surface area (Å²) in [7, 11) is 3.13. The molecule has 1 aliphatic heterocycles. The summed E-state index contributed by atoms with van der Waals surface area (Å²) in [6, 6.07) is 5.92. The number of aryl methyl sites for hydroxylation is 1. The topological polar surface area (TPSA) is 81.2 Å². The van der Waals surface area contributed by atoms with Gasteiger partial charge in [-0.2, -0.15) is 0 Å². The van der Waals surface area contributed by atoms with Gasteiger partial charge in [-0.25, -0.2) is 14.8 Å². The molecule has 0 aromatic carbocycles. The molecule has 1 saturated heterocycles. The van der Waals surface area contributed by atoms with E-state index < -0.39 is 0 Å². The second-order valence-electron chi connectivity index (χ2n) is 6.53. The highest BCUT2D eigenvalue weighted by Gasteiger charge is 2.20. The van der Waals surface area contributed by atoms with Crippen molar-refractivity contribution in [3.63, 3.8) is 0 Å². The fraction of sp³-hybridized carbons (Fsp3) is 0.412. The van der Waals surface area contributed by atoms with Gasteiger partial charge in [-0.05, 0) is 12.1 Å². The maximum Gasteiger partial charge on any atom is 0.332 e. The number of hydrogen-bond donors (Lipinski definition) is 0. The van der Waals surface area contributed by atoms with E-state index in [0.29, 0.717) is 17.8 Å². The molecular weight excluding hydrogens is 334 g/mol. The molecule has 0 atom stereocenters. The summed E-state index contributed by atoms with van der Waals surface area (Å²) >= 11 is 0. The van der Waals surface area contributed by atoms with Crippen LogP contribution in [0.15, 0.2) is 40.3 Å². The van der Waals surface area contributed by atoms with E-state index in [2.05, 4.69) is 19.8 Å². The summed E-state index contributed by atoms with van der Waals surface area (Å²) < 4.78 is 4.36. The Kier molecular flexibility index (Phi) is 4.08. The molecule has 0 bridgehead atoms. The molecule has 0 saturated carbocycles. The molecule has 4 rings (SSSR count). The van der Waals surface area contributed by atoms with Gasteiger partial charge in [-0.3, -0.25) is 18.8 Å². The normalized spacial score (nSPS) is 15.7. The zero-order chi connectivity index (χ0) is 18.3. The standard InChI is InChI=1S/C17H21N7O2/c1-20-15-14(16(25)21(2)17(20)26)24(11-19-15)12-22-7-9-23(10-8-22)13-5-3-4-6-18-13/h3-6,11H,7-10,12H2,1-2H3. The lowest BCUT2D eigenvalue weighted by Crippen LogP contribution is -2.47. The number of aromatic nitrogens is 5. The number of nitrogens with zero attached hydrogens (tertiary/aromatic N) is 7. The number of anilines is 1. The van der Waals surface area contributed by atoms with E-state index in [0.717, 1.165) is 36.6 Å². The minimum atomic E-state index is -0.364. The lowest BCUT2D eigenvalue weighted by molar-refractivity contribution is 0.208. The van der Waals surface area contributed by atoms with E-state index in [4.69, 9.17) is 0 Å². The molecular formula is C17H21N7O2. The van der Waals surface area contributed by atoms with Crippen LogP contribution in [0.2, 0.25) is 0 Å². The Morgan fingerprint density at radius 2 is 1.77 bits per heavy atom. The van der Waals surface area contributed by atoms with E-state index in [1.54, 1.807) is 19.6 Å². The van der Waals surface area contributed by atoms with Gasteiger partial charge in [0.15, 0.2) is 11.2 Å². The van der Waals surface area contributed by atoms with Gasteiger partial charge >= 0.3 is 5.69 Å². The summed E-state index contributed by atoms with van der Waals surface area (Å²) in [4.78, 5) is 37.7. The van der Waals surface area contributed by atoms with Crippen molar-refractivity contribution in [3.05, 3.63) is 51.6 Å². The van der Waals surface area contributed by atoms with Gasteiger partial charge in [0, 0.05) is 46.5 Å². The predicted octanol–water partition coefficient (Wildman–Crippen LogP) is -0.392. The molecule has 136 valence electrons. The third kappa shape index (κ3) is 2.70. The van der Waals surface area contributed by atoms with Gasteiger partial charge in [0.05, 0.1) is 13.0 Å². The first kappa shape index (κ1) is 16.5. The minimum Gasteiger partial charge on any atom is -0.354 e. The highest BCUT2D eigenvalue weighted by atomic mass is 16.2. The third-order valence-corrected chi connectivity index (χ3v) is 4.92. The van der Waals surface area contributed by atoms with Gasteiger partial charge < -0.3 is 9.47 Å². The molecule has 0 N–H and O–H groups in total. The number of piperazine rings is 1. The maximum atomic E-state index is 12.5. The Bertz CT molecular complexity index is 1040. The van der Waals surface area contributed by atoms with Crippen molar-refractivity contribution in [1.82, 2.24) is 28.6 Å². The van der Waals surface area contributed by atoms with Crippen LogP contribution >= 0.6 is 0 Å². The fourth-order valence-electron chi connectivity index (χ4n) is 3.38. The van der Waals surface area contributed by atoms with Crippen LogP contribution in [0, 0.1) is 0 Å². The number of imidazole rings is 1. The average Bonchev–Trinajstić information content (AvgIpc) is 3.10. The highest BCUT2D eigenvalue weighted by Crippen LogP contribution is 2.14. The van der Waals surface area contributed by atoms with Crippen molar-refractivity contribution in [1.29, 1.82) is 0 Å². The predicted molar refractivity (Wildman–Crippen MR) is 98.2 cm³/mol. The van der Waals surface area contributed by atoms with Crippen LogP contribution in [0.25, 0.3) is 11.2 Å². The molecule has 0 amide bonds. The van der Waals surface area contributed by atoms with Crippen molar-refractivity contribution in [2.45, 2.75) is 6.67 Å². The Labute approximate surface area is 149 Å². The first-order valence-electron chi connectivity index (χ1n) is 8.55. The zero-order valence-electron chi connectivity index (χ0n) is 14.9. The summed E-state index contributed by atoms with van der Waals surface area (Å²) in [5, 5.41) is 0. The van der Waals surface area contributed by atoms with Crippen LogP contribution in [0.4, 0.5) is 5.82 Å². The number of hydrogen-bond acceptors (Lipinski definition) is 6. The van der Waals surface area contributed by atoms with Crippen LogP contribution in [0.3, 0.4) is 0 Å². The van der Waals surface area contributed by atoms with E-state index in [1.807, 2.05) is 22.8 Å². The Hall–Kier alpha value is -2.94. The summed E-state index contributed by atoms with van der Waals surface area (Å²) in [5.74, 6) is 0.990. The van der Waals surface area contributed by atoms with E-state index in [-0.39, 0.29) is 11.2 Å². The SMILES string of the molecule is Cn1c(=O)c2c(ncn2CN2CCN(c3ccccn3)CC2)n(C)c1=O. The first-order chi connectivity index (χ1) is 12.6. The van der Waals surface area contributed by atoms with Gasteiger partial charge in [0.25, 0.3) is 5.56 Å². The number of fused-ring (bicyclic) bond motifs is 1. The van der Waals surface area contributed by atoms with Gasteiger partial charge in [0.1, 0.15) is 5.82 Å². The van der Waals surface area contributed by atoms with E-state index in [9.17, 15) is 9.59 Å². The molecule has 0 aliphatic carbocycles.